The van der Waals surface area contributed by atoms with Crippen molar-refractivity contribution in [2.45, 2.75) is 38.6 Å². The Morgan fingerprint density at radius 3 is 2.49 bits per heavy atom. The average molecular weight is 473 g/mol. The molecule has 5 nitrogen and oxygen atoms in total. The van der Waals surface area contributed by atoms with Crippen LogP contribution in [0.2, 0.25) is 0 Å². The molecule has 1 aliphatic rings. The highest BCUT2D eigenvalue weighted by atomic mass is 19.1. The number of nitrogens with zero attached hydrogens (tertiary/aromatic N) is 2. The lowest BCUT2D eigenvalue weighted by Crippen LogP contribution is -2.40. The Kier molecular flexibility index (Phi) is 7.28. The number of likely N-dealkylation sites (tertiary alicyclic amines) is 1. The number of H-pyrrole nitrogens is 1. The Hall–Kier alpha value is -3.38. The molecule has 2 heterocycles. The summed E-state index contributed by atoms with van der Waals surface area (Å²) in [5.41, 5.74) is 5.58. The number of imidazole rings is 1. The first-order chi connectivity index (χ1) is 17.2. The normalized spacial score (nSPS) is 14.9. The second-order valence-corrected chi connectivity index (χ2v) is 9.29. The van der Waals surface area contributed by atoms with Gasteiger partial charge < -0.3 is 19.9 Å². The van der Waals surface area contributed by atoms with E-state index in [2.05, 4.69) is 51.6 Å². The van der Waals surface area contributed by atoms with E-state index < -0.39 is 0 Å². The van der Waals surface area contributed by atoms with E-state index >= 15 is 0 Å². The fraction of sp³-hybridized carbons (Fsp3) is 0.345. The van der Waals surface area contributed by atoms with E-state index in [9.17, 15) is 4.39 Å². The third kappa shape index (κ3) is 6.01. The second-order valence-electron chi connectivity index (χ2n) is 9.29. The predicted octanol–water partition coefficient (Wildman–Crippen LogP) is 5.81. The lowest BCUT2D eigenvalue weighted by Gasteiger charge is -2.32. The summed E-state index contributed by atoms with van der Waals surface area (Å²) in [6, 6.07) is 21.8. The molecule has 0 aliphatic carbocycles. The quantitative estimate of drug-likeness (QED) is 0.323. The molecule has 182 valence electrons. The summed E-state index contributed by atoms with van der Waals surface area (Å²) in [6.45, 7) is 5.97. The third-order valence-corrected chi connectivity index (χ3v) is 6.78. The van der Waals surface area contributed by atoms with Crippen LogP contribution in [0.4, 0.5) is 10.3 Å². The van der Waals surface area contributed by atoms with Crippen molar-refractivity contribution in [1.29, 1.82) is 0 Å². The molecule has 0 unspecified atom stereocenters. The van der Waals surface area contributed by atoms with Gasteiger partial charge in [0.25, 0.3) is 0 Å². The molecule has 1 fully saturated rings. The monoisotopic (exact) mass is 472 g/mol. The maximum atomic E-state index is 13.3. The van der Waals surface area contributed by atoms with Gasteiger partial charge >= 0.3 is 0 Å². The average Bonchev–Trinajstić information content (AvgIpc) is 3.29. The highest BCUT2D eigenvalue weighted by molar-refractivity contribution is 5.81. The predicted molar refractivity (Wildman–Crippen MR) is 140 cm³/mol. The number of para-hydroxylation sites is 1. The maximum Gasteiger partial charge on any atom is 0.201 e. The molecule has 1 aliphatic heterocycles. The summed E-state index contributed by atoms with van der Waals surface area (Å²) in [5.74, 6) is 1.57. The van der Waals surface area contributed by atoms with Gasteiger partial charge in [0.05, 0.1) is 17.6 Å². The number of rotatable bonds is 9. The molecule has 1 aromatic heterocycles. The van der Waals surface area contributed by atoms with Gasteiger partial charge in [0.2, 0.25) is 5.95 Å². The van der Waals surface area contributed by atoms with Crippen LogP contribution >= 0.6 is 0 Å². The van der Waals surface area contributed by atoms with Crippen LogP contribution in [0.15, 0.2) is 66.7 Å². The van der Waals surface area contributed by atoms with Crippen LogP contribution in [0.25, 0.3) is 11.0 Å². The number of nitrogens with one attached hydrogen (secondary N) is 2. The molecule has 0 atom stereocenters. The maximum absolute atomic E-state index is 13.3. The zero-order chi connectivity index (χ0) is 24.0. The minimum absolute atomic E-state index is 0.208. The first-order valence-electron chi connectivity index (χ1n) is 12.6. The van der Waals surface area contributed by atoms with Crippen LogP contribution in [-0.2, 0) is 12.8 Å². The number of aromatic nitrogens is 2. The molecule has 0 radical (unpaired) electrons. The fourth-order valence-electron chi connectivity index (χ4n) is 4.83. The van der Waals surface area contributed by atoms with Crippen molar-refractivity contribution in [2.75, 3.05) is 31.6 Å². The number of hydrogen-bond acceptors (Lipinski definition) is 4. The third-order valence-electron chi connectivity index (χ3n) is 6.78. The summed E-state index contributed by atoms with van der Waals surface area (Å²) in [5, 5.41) is 3.62. The van der Waals surface area contributed by atoms with E-state index in [0.29, 0.717) is 12.6 Å². The van der Waals surface area contributed by atoms with Gasteiger partial charge in [0.15, 0.2) is 0 Å². The van der Waals surface area contributed by atoms with Gasteiger partial charge in [-0.3, -0.25) is 0 Å². The van der Waals surface area contributed by atoms with Crippen LogP contribution < -0.4 is 10.1 Å². The molecule has 35 heavy (non-hydrogen) atoms. The van der Waals surface area contributed by atoms with Crippen molar-refractivity contribution in [1.82, 2.24) is 14.9 Å². The highest BCUT2D eigenvalue weighted by Gasteiger charge is 2.20. The van der Waals surface area contributed by atoms with Crippen LogP contribution in [-0.4, -0.2) is 47.2 Å². The smallest absolute Gasteiger partial charge is 0.201 e. The Balaban J connectivity index is 1.14. The fourth-order valence-corrected chi connectivity index (χ4v) is 4.83. The summed E-state index contributed by atoms with van der Waals surface area (Å²) in [4.78, 5) is 10.9. The standard InChI is InChI=1S/C29H33FN4O/c1-2-35-26-12-8-21(9-13-26)14-17-34-18-15-25(16-19-34)31-29-32-27-5-3-4-23(28(27)33-29)20-22-6-10-24(30)11-7-22/h3-13,25H,2,14-20H2,1H3,(H2,31,32,33). The SMILES string of the molecule is CCOc1ccc(CCN2CCC(Nc3nc4c(Cc5ccc(F)cc5)cccc4[nH]3)CC2)cc1. The number of ether oxygens (including phenoxy) is 1. The first-order valence-corrected chi connectivity index (χ1v) is 12.6. The summed E-state index contributed by atoms with van der Waals surface area (Å²) in [7, 11) is 0. The summed E-state index contributed by atoms with van der Waals surface area (Å²) in [6.07, 6.45) is 3.99. The Morgan fingerprint density at radius 2 is 1.74 bits per heavy atom. The van der Waals surface area contributed by atoms with E-state index in [1.54, 1.807) is 0 Å². The molecule has 2 N–H and O–H groups in total. The molecule has 1 saturated heterocycles. The minimum Gasteiger partial charge on any atom is -0.494 e. The van der Waals surface area contributed by atoms with Gasteiger partial charge in [0, 0.05) is 25.7 Å². The minimum atomic E-state index is -0.208. The van der Waals surface area contributed by atoms with Gasteiger partial charge in [0.1, 0.15) is 11.6 Å². The largest absolute Gasteiger partial charge is 0.494 e. The summed E-state index contributed by atoms with van der Waals surface area (Å²) >= 11 is 0. The lowest BCUT2D eigenvalue weighted by atomic mass is 10.0. The number of benzene rings is 3. The number of aromatic amines is 1. The lowest BCUT2D eigenvalue weighted by molar-refractivity contribution is 0.221. The molecular weight excluding hydrogens is 439 g/mol. The Labute approximate surface area is 206 Å². The molecule has 0 bridgehead atoms. The number of fused-ring (bicyclic) bond motifs is 1. The zero-order valence-corrected chi connectivity index (χ0v) is 20.3. The van der Waals surface area contributed by atoms with Crippen molar-refractivity contribution < 1.29 is 9.13 Å². The van der Waals surface area contributed by atoms with Crippen molar-refractivity contribution in [2.24, 2.45) is 0 Å². The molecule has 5 rings (SSSR count). The van der Waals surface area contributed by atoms with Crippen LogP contribution in [0, 0.1) is 5.82 Å². The van der Waals surface area contributed by atoms with Crippen LogP contribution in [0.5, 0.6) is 5.75 Å². The van der Waals surface area contributed by atoms with Crippen LogP contribution in [0.1, 0.15) is 36.5 Å². The molecule has 3 aromatic carbocycles. The number of piperidine rings is 1. The molecule has 4 aromatic rings. The van der Waals surface area contributed by atoms with Gasteiger partial charge in [-0.1, -0.05) is 36.4 Å². The zero-order valence-electron chi connectivity index (χ0n) is 20.3. The molecule has 0 amide bonds. The van der Waals surface area contributed by atoms with Crippen molar-refractivity contribution in [3.05, 3.63) is 89.2 Å². The van der Waals surface area contributed by atoms with E-state index in [-0.39, 0.29) is 5.82 Å². The number of halogens is 1. The van der Waals surface area contributed by atoms with Gasteiger partial charge in [-0.05, 0) is 79.6 Å². The molecule has 0 spiro atoms. The molecular formula is C29H33FN4O. The Bertz CT molecular complexity index is 1230. The van der Waals surface area contributed by atoms with Crippen molar-refractivity contribution >= 4 is 17.0 Å². The molecule has 0 saturated carbocycles. The van der Waals surface area contributed by atoms with Crippen molar-refractivity contribution in [3.63, 3.8) is 0 Å². The number of hydrogen-bond donors (Lipinski definition) is 2. The Morgan fingerprint density at radius 1 is 1.00 bits per heavy atom. The molecule has 6 heteroatoms. The van der Waals surface area contributed by atoms with E-state index in [4.69, 9.17) is 9.72 Å². The van der Waals surface area contributed by atoms with E-state index in [0.717, 1.165) is 79.2 Å². The van der Waals surface area contributed by atoms with E-state index in [1.807, 2.05) is 25.1 Å². The topological polar surface area (TPSA) is 53.2 Å². The second kappa shape index (κ2) is 10.9. The van der Waals surface area contributed by atoms with E-state index in [1.165, 1.54) is 17.7 Å². The number of anilines is 1. The summed E-state index contributed by atoms with van der Waals surface area (Å²) < 4.78 is 18.8. The van der Waals surface area contributed by atoms with Gasteiger partial charge in [-0.25, -0.2) is 9.37 Å². The van der Waals surface area contributed by atoms with Crippen LogP contribution in [0.3, 0.4) is 0 Å². The van der Waals surface area contributed by atoms with Crippen molar-refractivity contribution in [3.8, 4) is 5.75 Å². The highest BCUT2D eigenvalue weighted by Crippen LogP contribution is 2.23. The van der Waals surface area contributed by atoms with Gasteiger partial charge in [-0.15, -0.1) is 0 Å². The first kappa shape index (κ1) is 23.4. The van der Waals surface area contributed by atoms with Gasteiger partial charge in [-0.2, -0.15) is 0 Å².